The van der Waals surface area contributed by atoms with Crippen molar-refractivity contribution in [1.29, 1.82) is 0 Å². The molecule has 5 nitrogen and oxygen atoms in total. The van der Waals surface area contributed by atoms with E-state index in [4.69, 9.17) is 0 Å². The Bertz CT molecular complexity index is 912. The summed E-state index contributed by atoms with van der Waals surface area (Å²) in [6, 6.07) is 0. The molecule has 0 aromatic rings. The lowest BCUT2D eigenvalue weighted by Crippen LogP contribution is -2.58. The molecule has 3 fully saturated rings. The normalized spacial score (nSPS) is 42.9. The predicted molar refractivity (Wildman–Crippen MR) is 128 cm³/mol. The Labute approximate surface area is 202 Å². The van der Waals surface area contributed by atoms with Crippen molar-refractivity contribution in [1.82, 2.24) is 5.32 Å². The van der Waals surface area contributed by atoms with Gasteiger partial charge in [-0.05, 0) is 66.6 Å². The van der Waals surface area contributed by atoms with Crippen molar-refractivity contribution < 1.29 is 23.9 Å². The van der Waals surface area contributed by atoms with Crippen molar-refractivity contribution in [2.75, 3.05) is 6.54 Å². The molecule has 0 radical (unpaired) electrons. The quantitative estimate of drug-likeness (QED) is 0.426. The highest BCUT2D eigenvalue weighted by Gasteiger charge is 2.66. The maximum absolute atomic E-state index is 15.5. The number of alkyl halides is 1. The number of halogens is 1. The van der Waals surface area contributed by atoms with Crippen LogP contribution in [0.25, 0.3) is 0 Å². The van der Waals surface area contributed by atoms with Crippen molar-refractivity contribution in [3.05, 3.63) is 23.8 Å². The van der Waals surface area contributed by atoms with Crippen LogP contribution in [-0.2, 0) is 14.4 Å². The lowest BCUT2D eigenvalue weighted by molar-refractivity contribution is -0.151. The van der Waals surface area contributed by atoms with Crippen LogP contribution in [0, 0.1) is 40.4 Å². The van der Waals surface area contributed by atoms with E-state index in [1.54, 1.807) is 6.08 Å². The highest BCUT2D eigenvalue weighted by Crippen LogP contribution is 2.67. The largest absolute Gasteiger partial charge is 0.393 e. The van der Waals surface area contributed by atoms with E-state index >= 15 is 4.39 Å². The molecule has 4 aliphatic carbocycles. The minimum Gasteiger partial charge on any atom is -0.393 e. The van der Waals surface area contributed by atoms with Gasteiger partial charge in [-0.25, -0.2) is 4.39 Å². The second-order valence-corrected chi connectivity index (χ2v) is 11.8. The van der Waals surface area contributed by atoms with Gasteiger partial charge in [-0.3, -0.25) is 14.4 Å². The molecule has 34 heavy (non-hydrogen) atoms. The third kappa shape index (κ3) is 4.00. The van der Waals surface area contributed by atoms with Gasteiger partial charge in [-0.1, -0.05) is 53.0 Å². The second-order valence-electron chi connectivity index (χ2n) is 11.8. The highest BCUT2D eigenvalue weighted by atomic mass is 19.1. The van der Waals surface area contributed by atoms with E-state index in [1.165, 1.54) is 12.2 Å². The van der Waals surface area contributed by atoms with E-state index in [9.17, 15) is 19.5 Å². The average Bonchev–Trinajstić information content (AvgIpc) is 3.03. The zero-order chi connectivity index (χ0) is 24.8. The maximum atomic E-state index is 15.5. The van der Waals surface area contributed by atoms with E-state index in [2.05, 4.69) is 12.2 Å². The number of carbonyl (C=O) groups is 3. The zero-order valence-electron chi connectivity index (χ0n) is 21.0. The second kappa shape index (κ2) is 9.33. The van der Waals surface area contributed by atoms with Crippen LogP contribution < -0.4 is 5.32 Å². The summed E-state index contributed by atoms with van der Waals surface area (Å²) >= 11 is 0. The fraction of sp³-hybridized carbons (Fsp3) is 0.750. The van der Waals surface area contributed by atoms with Gasteiger partial charge in [0.05, 0.1) is 6.10 Å². The standard InChI is InChI=1S/C28H40FNO4/c1-5-6-7-8-11-30-26(34)25(33)23-16(2)12-19-18-14-21(29)20-13-17(31)9-10-27(20,3)24(18)22(32)15-28(19,23)4/h9-10,13,16,18-19,21-24,32H,5-8,11-12,14-15H2,1-4H3,(H,30,34)/t16-,18+,19+,21+,22+,23-,24-,27+,28+/m1/s1. The monoisotopic (exact) mass is 473 g/mol. The number of amides is 1. The Morgan fingerprint density at radius 2 is 1.94 bits per heavy atom. The van der Waals surface area contributed by atoms with E-state index in [0.717, 1.165) is 32.1 Å². The molecular weight excluding hydrogens is 433 g/mol. The van der Waals surface area contributed by atoms with E-state index in [0.29, 0.717) is 18.5 Å². The molecule has 6 heteroatoms. The number of ketones is 2. The first kappa shape index (κ1) is 25.3. The number of aliphatic hydroxyl groups is 1. The molecule has 0 bridgehead atoms. The van der Waals surface area contributed by atoms with Crippen molar-refractivity contribution in [2.45, 2.75) is 84.9 Å². The summed E-state index contributed by atoms with van der Waals surface area (Å²) < 4.78 is 15.5. The van der Waals surface area contributed by atoms with Gasteiger partial charge in [0.15, 0.2) is 5.78 Å². The number of unbranched alkanes of at least 4 members (excludes halogenated alkanes) is 3. The van der Waals surface area contributed by atoms with Gasteiger partial charge < -0.3 is 10.4 Å². The van der Waals surface area contributed by atoms with Gasteiger partial charge in [0.25, 0.3) is 5.91 Å². The minimum atomic E-state index is -1.24. The van der Waals surface area contributed by atoms with Crippen LogP contribution in [-0.4, -0.2) is 41.4 Å². The molecule has 0 unspecified atom stereocenters. The lowest BCUT2D eigenvalue weighted by atomic mass is 9.46. The molecule has 9 atom stereocenters. The number of allylic oxidation sites excluding steroid dienone is 4. The molecule has 1 amide bonds. The van der Waals surface area contributed by atoms with E-state index < -0.39 is 34.9 Å². The molecule has 0 heterocycles. The first-order valence-corrected chi connectivity index (χ1v) is 13.1. The summed E-state index contributed by atoms with van der Waals surface area (Å²) in [6.45, 7) is 8.61. The van der Waals surface area contributed by atoms with Gasteiger partial charge in [0.2, 0.25) is 5.78 Å². The molecule has 0 saturated heterocycles. The summed E-state index contributed by atoms with van der Waals surface area (Å²) in [5.41, 5.74) is -0.787. The Morgan fingerprint density at radius 3 is 2.65 bits per heavy atom. The maximum Gasteiger partial charge on any atom is 0.287 e. The van der Waals surface area contributed by atoms with Gasteiger partial charge in [0, 0.05) is 23.8 Å². The van der Waals surface area contributed by atoms with E-state index in [-0.39, 0.29) is 41.7 Å². The topological polar surface area (TPSA) is 83.5 Å². The third-order valence-electron chi connectivity index (χ3n) is 9.64. The number of aliphatic hydroxyl groups excluding tert-OH is 1. The van der Waals surface area contributed by atoms with Gasteiger partial charge in [0.1, 0.15) is 6.17 Å². The minimum absolute atomic E-state index is 0.00873. The van der Waals surface area contributed by atoms with Crippen LogP contribution in [0.1, 0.15) is 72.6 Å². The predicted octanol–water partition coefficient (Wildman–Crippen LogP) is 4.34. The Kier molecular flexibility index (Phi) is 6.93. The molecule has 4 aliphatic rings. The smallest absolute Gasteiger partial charge is 0.287 e. The highest BCUT2D eigenvalue weighted by molar-refractivity contribution is 6.37. The van der Waals surface area contributed by atoms with Crippen LogP contribution >= 0.6 is 0 Å². The number of Topliss-reactive ketones (excluding diaryl/α,β-unsaturated/α-hetero) is 1. The van der Waals surface area contributed by atoms with Crippen molar-refractivity contribution >= 4 is 17.5 Å². The Morgan fingerprint density at radius 1 is 1.21 bits per heavy atom. The number of hydrogen-bond acceptors (Lipinski definition) is 4. The van der Waals surface area contributed by atoms with Crippen LogP contribution in [0.2, 0.25) is 0 Å². The van der Waals surface area contributed by atoms with Crippen LogP contribution in [0.15, 0.2) is 23.8 Å². The number of fused-ring (bicyclic) bond motifs is 5. The third-order valence-corrected chi connectivity index (χ3v) is 9.64. The summed E-state index contributed by atoms with van der Waals surface area (Å²) in [4.78, 5) is 38.1. The average molecular weight is 474 g/mol. The molecule has 0 spiro atoms. The Balaban J connectivity index is 1.56. The molecule has 0 aliphatic heterocycles. The van der Waals surface area contributed by atoms with Crippen LogP contribution in [0.5, 0.6) is 0 Å². The SMILES string of the molecule is CCCCCCNC(=O)C(=O)[C@H]1[C@H](C)C[C@H]2[C@@H]3C[C@H](F)C4=CC(=O)C=C[C@]4(C)[C@H]3[C@@H](O)C[C@@]21C. The molecule has 188 valence electrons. The molecule has 0 aromatic heterocycles. The summed E-state index contributed by atoms with van der Waals surface area (Å²) in [6.07, 6.45) is 8.22. The zero-order valence-corrected chi connectivity index (χ0v) is 21.0. The molecule has 4 rings (SSSR count). The van der Waals surface area contributed by atoms with Crippen LogP contribution in [0.3, 0.4) is 0 Å². The fourth-order valence-corrected chi connectivity index (χ4v) is 8.24. The van der Waals surface area contributed by atoms with Gasteiger partial charge >= 0.3 is 0 Å². The van der Waals surface area contributed by atoms with E-state index in [1.807, 2.05) is 20.8 Å². The van der Waals surface area contributed by atoms with Gasteiger partial charge in [-0.2, -0.15) is 0 Å². The number of nitrogens with one attached hydrogen (secondary N) is 1. The first-order valence-electron chi connectivity index (χ1n) is 13.1. The first-order chi connectivity index (χ1) is 16.0. The van der Waals surface area contributed by atoms with Crippen molar-refractivity contribution in [3.63, 3.8) is 0 Å². The van der Waals surface area contributed by atoms with Crippen molar-refractivity contribution in [2.24, 2.45) is 40.4 Å². The van der Waals surface area contributed by atoms with Crippen molar-refractivity contribution in [3.8, 4) is 0 Å². The van der Waals surface area contributed by atoms with Crippen LogP contribution in [0.4, 0.5) is 4.39 Å². The fourth-order valence-electron chi connectivity index (χ4n) is 8.24. The molecule has 3 saturated carbocycles. The molecule has 0 aromatic carbocycles. The summed E-state index contributed by atoms with van der Waals surface area (Å²) in [5.74, 6) is -1.87. The molecule has 2 N–H and O–H groups in total. The summed E-state index contributed by atoms with van der Waals surface area (Å²) in [7, 11) is 0. The number of hydrogen-bond donors (Lipinski definition) is 2. The Hall–Kier alpha value is -1.82. The lowest BCUT2D eigenvalue weighted by Gasteiger charge is -2.59. The number of carbonyl (C=O) groups excluding carboxylic acids is 3. The molecular formula is C28H40FNO4. The summed E-state index contributed by atoms with van der Waals surface area (Å²) in [5, 5.41) is 14.3. The van der Waals surface area contributed by atoms with Gasteiger partial charge in [-0.15, -0.1) is 0 Å². The number of rotatable bonds is 7.